The van der Waals surface area contributed by atoms with Crippen molar-refractivity contribution in [2.24, 2.45) is 5.92 Å². The quantitative estimate of drug-likeness (QED) is 0.728. The Morgan fingerprint density at radius 1 is 1.14 bits per heavy atom. The van der Waals surface area contributed by atoms with Crippen molar-refractivity contribution in [2.75, 3.05) is 26.2 Å². The Hall–Kier alpha value is -1.11. The molecule has 0 aromatic carbocycles. The van der Waals surface area contributed by atoms with Gasteiger partial charge in [0.15, 0.2) is 0 Å². The zero-order valence-corrected chi connectivity index (χ0v) is 18.1. The van der Waals surface area contributed by atoms with Crippen molar-refractivity contribution in [2.45, 2.75) is 63.8 Å². The molecule has 1 aromatic rings. The lowest BCUT2D eigenvalue weighted by atomic mass is 9.97. The zero-order valence-electron chi connectivity index (χ0n) is 16.5. The maximum atomic E-state index is 13.0. The summed E-state index contributed by atoms with van der Waals surface area (Å²) < 4.78 is 0. The highest BCUT2D eigenvalue weighted by Gasteiger charge is 2.28. The van der Waals surface area contributed by atoms with Gasteiger partial charge in [-0.05, 0) is 75.5 Å². The van der Waals surface area contributed by atoms with E-state index in [1.165, 1.54) is 29.7 Å². The van der Waals surface area contributed by atoms with Gasteiger partial charge in [0.05, 0.1) is 10.9 Å². The molecule has 0 bridgehead atoms. The van der Waals surface area contributed by atoms with Gasteiger partial charge < -0.3 is 15.5 Å². The molecule has 4 rings (SSSR count). The van der Waals surface area contributed by atoms with Crippen molar-refractivity contribution in [1.82, 2.24) is 15.5 Å². The van der Waals surface area contributed by atoms with Gasteiger partial charge in [0.2, 0.25) is 5.91 Å². The van der Waals surface area contributed by atoms with E-state index in [0.29, 0.717) is 12.5 Å². The van der Waals surface area contributed by atoms with Crippen LogP contribution >= 0.6 is 23.7 Å². The van der Waals surface area contributed by atoms with Gasteiger partial charge >= 0.3 is 0 Å². The average molecular weight is 426 g/mol. The number of thiophene rings is 1. The van der Waals surface area contributed by atoms with Crippen LogP contribution in [0.5, 0.6) is 0 Å². The monoisotopic (exact) mass is 425 g/mol. The van der Waals surface area contributed by atoms with Gasteiger partial charge in [0, 0.05) is 24.5 Å². The van der Waals surface area contributed by atoms with E-state index in [9.17, 15) is 9.59 Å². The number of rotatable bonds is 4. The van der Waals surface area contributed by atoms with E-state index in [2.05, 4.69) is 16.7 Å². The zero-order chi connectivity index (χ0) is 18.6. The highest BCUT2D eigenvalue weighted by Crippen LogP contribution is 2.30. The van der Waals surface area contributed by atoms with E-state index in [4.69, 9.17) is 0 Å². The highest BCUT2D eigenvalue weighted by molar-refractivity contribution is 7.14. The number of nitrogens with one attached hydrogen (secondary N) is 2. The van der Waals surface area contributed by atoms with Crippen LogP contribution in [-0.4, -0.2) is 48.9 Å². The van der Waals surface area contributed by atoms with E-state index in [0.717, 1.165) is 63.0 Å². The Morgan fingerprint density at radius 3 is 2.82 bits per heavy atom. The summed E-state index contributed by atoms with van der Waals surface area (Å²) in [6, 6.07) is 2.14. The maximum absolute atomic E-state index is 13.0. The number of piperidine rings is 1. The van der Waals surface area contributed by atoms with Crippen molar-refractivity contribution in [3.8, 4) is 0 Å². The Balaban J connectivity index is 0.00000225. The summed E-state index contributed by atoms with van der Waals surface area (Å²) in [5.74, 6) is 0.686. The van der Waals surface area contributed by atoms with Crippen LogP contribution in [0.4, 0.5) is 0 Å². The van der Waals surface area contributed by atoms with Gasteiger partial charge in [0.25, 0.3) is 5.91 Å². The second-order valence-electron chi connectivity index (χ2n) is 8.27. The third kappa shape index (κ3) is 5.08. The summed E-state index contributed by atoms with van der Waals surface area (Å²) in [6.45, 7) is 3.23. The minimum Gasteiger partial charge on any atom is -0.354 e. The van der Waals surface area contributed by atoms with Crippen LogP contribution in [0.15, 0.2) is 6.07 Å². The molecule has 0 radical (unpaired) electrons. The van der Waals surface area contributed by atoms with Gasteiger partial charge in [-0.2, -0.15) is 0 Å². The van der Waals surface area contributed by atoms with Crippen LogP contribution in [0.25, 0.3) is 0 Å². The Morgan fingerprint density at radius 2 is 2.00 bits per heavy atom. The maximum Gasteiger partial charge on any atom is 0.263 e. The van der Waals surface area contributed by atoms with E-state index in [1.54, 1.807) is 11.3 Å². The Kier molecular flexibility index (Phi) is 7.77. The molecule has 1 aromatic heterocycles. The second-order valence-corrected chi connectivity index (χ2v) is 9.41. The molecule has 7 heteroatoms. The molecule has 2 N–H and O–H groups in total. The first-order valence-corrected chi connectivity index (χ1v) is 11.4. The molecule has 2 amide bonds. The smallest absolute Gasteiger partial charge is 0.263 e. The number of carbonyl (C=O) groups is 2. The lowest BCUT2D eigenvalue weighted by molar-refractivity contribution is -0.123. The molecule has 3 heterocycles. The third-order valence-corrected chi connectivity index (χ3v) is 7.43. The molecular weight excluding hydrogens is 394 g/mol. The van der Waals surface area contributed by atoms with Crippen LogP contribution < -0.4 is 10.6 Å². The number of carbonyl (C=O) groups excluding carboxylic acids is 2. The topological polar surface area (TPSA) is 61.4 Å². The summed E-state index contributed by atoms with van der Waals surface area (Å²) in [5.41, 5.74) is 1.41. The number of fused-ring (bicyclic) bond motifs is 1. The molecule has 2 fully saturated rings. The first kappa shape index (κ1) is 21.6. The highest BCUT2D eigenvalue weighted by atomic mass is 35.5. The Bertz CT molecular complexity index is 664. The number of hydrogen-bond donors (Lipinski definition) is 2. The summed E-state index contributed by atoms with van der Waals surface area (Å²) in [6.07, 6.45) is 10.2. The van der Waals surface area contributed by atoms with E-state index in [-0.39, 0.29) is 30.3 Å². The second kappa shape index (κ2) is 10.1. The fourth-order valence-corrected chi connectivity index (χ4v) is 5.84. The largest absolute Gasteiger partial charge is 0.354 e. The summed E-state index contributed by atoms with van der Waals surface area (Å²) >= 11 is 1.72. The molecule has 28 heavy (non-hydrogen) atoms. The fourth-order valence-electron chi connectivity index (χ4n) is 4.62. The average Bonchev–Trinajstić information content (AvgIpc) is 3.32. The molecule has 2 atom stereocenters. The first-order valence-electron chi connectivity index (χ1n) is 10.6. The van der Waals surface area contributed by atoms with Crippen molar-refractivity contribution >= 4 is 35.6 Å². The van der Waals surface area contributed by atoms with Crippen molar-refractivity contribution < 1.29 is 9.59 Å². The molecule has 156 valence electrons. The predicted octanol–water partition coefficient (Wildman–Crippen LogP) is 3.16. The van der Waals surface area contributed by atoms with Gasteiger partial charge in [-0.25, -0.2) is 0 Å². The third-order valence-electron chi connectivity index (χ3n) is 6.21. The van der Waals surface area contributed by atoms with Crippen LogP contribution in [0, 0.1) is 5.92 Å². The summed E-state index contributed by atoms with van der Waals surface area (Å²) in [5, 5.41) is 6.35. The van der Waals surface area contributed by atoms with Crippen molar-refractivity contribution in [3.63, 3.8) is 0 Å². The molecule has 3 aliphatic rings. The van der Waals surface area contributed by atoms with Gasteiger partial charge in [-0.1, -0.05) is 6.42 Å². The van der Waals surface area contributed by atoms with Gasteiger partial charge in [-0.3, -0.25) is 9.59 Å². The molecule has 0 spiro atoms. The number of likely N-dealkylation sites (tertiary alicyclic amines) is 1. The number of amides is 2. The standard InChI is InChI=1S/C21H31N3O2S.ClH/c25-20(17-8-4-10-22-17)23-13-15-6-5-11-24(14-15)21(26)19-12-16-7-2-1-3-9-18(16)27-19;/h12,15,17,22H,1-11,13-14H2,(H,23,25);1H. The Labute approximate surface area is 178 Å². The molecule has 1 aliphatic carbocycles. The summed E-state index contributed by atoms with van der Waals surface area (Å²) in [4.78, 5) is 29.6. The first-order chi connectivity index (χ1) is 13.2. The summed E-state index contributed by atoms with van der Waals surface area (Å²) in [7, 11) is 0. The molecule has 5 nitrogen and oxygen atoms in total. The minimum absolute atomic E-state index is 0. The lowest BCUT2D eigenvalue weighted by Crippen LogP contribution is -2.46. The van der Waals surface area contributed by atoms with Gasteiger partial charge in [-0.15, -0.1) is 23.7 Å². The molecule has 2 unspecified atom stereocenters. The SMILES string of the molecule is Cl.O=C(NCC1CCCN(C(=O)c2cc3c(s2)CCCCC3)C1)C1CCCN1. The number of aryl methyl sites for hydroxylation is 2. The predicted molar refractivity (Wildman–Crippen MR) is 115 cm³/mol. The van der Waals surface area contributed by atoms with E-state index >= 15 is 0 Å². The van der Waals surface area contributed by atoms with E-state index in [1.807, 2.05) is 4.90 Å². The minimum atomic E-state index is -0.0205. The number of hydrogen-bond acceptors (Lipinski definition) is 4. The van der Waals surface area contributed by atoms with Gasteiger partial charge in [0.1, 0.15) is 0 Å². The normalized spacial score (nSPS) is 24.8. The molecule has 2 aliphatic heterocycles. The van der Waals surface area contributed by atoms with E-state index < -0.39 is 0 Å². The fraction of sp³-hybridized carbons (Fsp3) is 0.714. The van der Waals surface area contributed by atoms with Crippen LogP contribution in [-0.2, 0) is 17.6 Å². The van der Waals surface area contributed by atoms with Crippen LogP contribution in [0.1, 0.15) is 65.1 Å². The lowest BCUT2D eigenvalue weighted by Gasteiger charge is -2.32. The van der Waals surface area contributed by atoms with Crippen molar-refractivity contribution in [3.05, 3.63) is 21.4 Å². The molecule has 0 saturated carbocycles. The molecular formula is C21H32ClN3O2S. The molecule has 2 saturated heterocycles. The number of nitrogens with zero attached hydrogens (tertiary/aromatic N) is 1. The van der Waals surface area contributed by atoms with Crippen LogP contribution in [0.3, 0.4) is 0 Å². The van der Waals surface area contributed by atoms with Crippen LogP contribution in [0.2, 0.25) is 0 Å². The van der Waals surface area contributed by atoms with Crippen molar-refractivity contribution in [1.29, 1.82) is 0 Å². The number of halogens is 1.